The van der Waals surface area contributed by atoms with Crippen molar-refractivity contribution >= 4 is 10.0 Å². The molecule has 0 spiro atoms. The van der Waals surface area contributed by atoms with Crippen molar-refractivity contribution in [2.45, 2.75) is 32.0 Å². The smallest absolute Gasteiger partial charge is 0.258 e. The molecule has 0 amide bonds. The van der Waals surface area contributed by atoms with Gasteiger partial charge in [-0.25, -0.2) is 13.1 Å². The first-order chi connectivity index (χ1) is 8.95. The van der Waals surface area contributed by atoms with Gasteiger partial charge < -0.3 is 10.3 Å². The Balaban J connectivity index is 2.19. The average molecular weight is 285 g/mol. The van der Waals surface area contributed by atoms with Gasteiger partial charge in [-0.15, -0.1) is 0 Å². The number of sulfonamides is 1. The van der Waals surface area contributed by atoms with Gasteiger partial charge in [0.15, 0.2) is 5.03 Å². The molecule has 4 N–H and O–H groups in total. The van der Waals surface area contributed by atoms with E-state index in [1.165, 1.54) is 6.20 Å². The fourth-order valence-electron chi connectivity index (χ4n) is 1.67. The SMILES string of the molecule is Cc1noc(C)c1CNS(=O)(=O)c1[nH]ncc1CN. The van der Waals surface area contributed by atoms with Crippen molar-refractivity contribution in [3.8, 4) is 0 Å². The first kappa shape index (κ1) is 13.7. The molecule has 0 aromatic carbocycles. The predicted molar refractivity (Wildman–Crippen MR) is 66.5 cm³/mol. The summed E-state index contributed by atoms with van der Waals surface area (Å²) in [5, 5.41) is 9.87. The van der Waals surface area contributed by atoms with Gasteiger partial charge in [0.1, 0.15) is 5.76 Å². The van der Waals surface area contributed by atoms with Crippen LogP contribution in [0.25, 0.3) is 0 Å². The molecule has 104 valence electrons. The Bertz CT molecular complexity index is 654. The highest BCUT2D eigenvalue weighted by molar-refractivity contribution is 7.89. The third-order valence-electron chi connectivity index (χ3n) is 2.79. The summed E-state index contributed by atoms with van der Waals surface area (Å²) in [6.07, 6.45) is 1.39. The van der Waals surface area contributed by atoms with Crippen LogP contribution in [0.1, 0.15) is 22.6 Å². The van der Waals surface area contributed by atoms with Crippen LogP contribution in [-0.2, 0) is 23.1 Å². The van der Waals surface area contributed by atoms with Gasteiger partial charge in [-0.1, -0.05) is 5.16 Å². The number of aryl methyl sites for hydroxylation is 2. The molecule has 0 saturated heterocycles. The highest BCUT2D eigenvalue weighted by Crippen LogP contribution is 2.15. The van der Waals surface area contributed by atoms with Gasteiger partial charge in [-0.05, 0) is 13.8 Å². The van der Waals surface area contributed by atoms with Gasteiger partial charge in [-0.3, -0.25) is 5.10 Å². The Labute approximate surface area is 110 Å². The minimum Gasteiger partial charge on any atom is -0.361 e. The molecule has 0 bridgehead atoms. The molecule has 0 aliphatic rings. The summed E-state index contributed by atoms with van der Waals surface area (Å²) in [6, 6.07) is 0. The fourth-order valence-corrected chi connectivity index (χ4v) is 2.80. The second-order valence-corrected chi connectivity index (χ2v) is 5.76. The predicted octanol–water partition coefficient (Wildman–Crippen LogP) is -0.0483. The Morgan fingerprint density at radius 2 is 2.21 bits per heavy atom. The van der Waals surface area contributed by atoms with Gasteiger partial charge in [0.2, 0.25) is 0 Å². The number of aromatic amines is 1. The number of nitrogens with zero attached hydrogens (tertiary/aromatic N) is 2. The van der Waals surface area contributed by atoms with Crippen molar-refractivity contribution in [1.29, 1.82) is 0 Å². The second kappa shape index (κ2) is 5.11. The summed E-state index contributed by atoms with van der Waals surface area (Å²) in [5.41, 5.74) is 7.27. The zero-order valence-electron chi connectivity index (χ0n) is 10.6. The Kier molecular flexibility index (Phi) is 3.69. The number of H-pyrrole nitrogens is 1. The van der Waals surface area contributed by atoms with E-state index in [0.717, 1.165) is 5.56 Å². The summed E-state index contributed by atoms with van der Waals surface area (Å²) in [6.45, 7) is 3.68. The van der Waals surface area contributed by atoms with E-state index in [1.807, 2.05) is 0 Å². The quantitative estimate of drug-likeness (QED) is 0.707. The molecule has 2 aromatic heterocycles. The van der Waals surface area contributed by atoms with E-state index in [-0.39, 0.29) is 18.1 Å². The van der Waals surface area contributed by atoms with E-state index < -0.39 is 10.0 Å². The number of rotatable bonds is 5. The number of hydrogen-bond acceptors (Lipinski definition) is 6. The molecule has 8 nitrogen and oxygen atoms in total. The summed E-state index contributed by atoms with van der Waals surface area (Å²) in [5.74, 6) is 0.587. The molecule has 0 unspecified atom stereocenters. The van der Waals surface area contributed by atoms with Crippen LogP contribution in [0.2, 0.25) is 0 Å². The van der Waals surface area contributed by atoms with Crippen LogP contribution in [0.15, 0.2) is 15.7 Å². The van der Waals surface area contributed by atoms with Gasteiger partial charge in [0, 0.05) is 24.2 Å². The van der Waals surface area contributed by atoms with Crippen molar-refractivity contribution in [2.24, 2.45) is 5.73 Å². The van der Waals surface area contributed by atoms with Crippen LogP contribution >= 0.6 is 0 Å². The maximum absolute atomic E-state index is 12.1. The highest BCUT2D eigenvalue weighted by atomic mass is 32.2. The molecule has 0 saturated carbocycles. The Morgan fingerprint density at radius 1 is 1.47 bits per heavy atom. The lowest BCUT2D eigenvalue weighted by molar-refractivity contribution is 0.392. The topological polar surface area (TPSA) is 127 Å². The second-order valence-electron chi connectivity index (χ2n) is 4.06. The third kappa shape index (κ3) is 2.67. The van der Waals surface area contributed by atoms with Crippen LogP contribution in [-0.4, -0.2) is 23.8 Å². The molecular weight excluding hydrogens is 270 g/mol. The molecule has 0 aliphatic carbocycles. The van der Waals surface area contributed by atoms with Crippen LogP contribution in [0.4, 0.5) is 0 Å². The van der Waals surface area contributed by atoms with E-state index in [0.29, 0.717) is 17.0 Å². The summed E-state index contributed by atoms with van der Waals surface area (Å²) < 4.78 is 31.6. The largest absolute Gasteiger partial charge is 0.361 e. The number of nitrogens with one attached hydrogen (secondary N) is 2. The lowest BCUT2D eigenvalue weighted by Crippen LogP contribution is -2.25. The van der Waals surface area contributed by atoms with Crippen molar-refractivity contribution in [1.82, 2.24) is 20.1 Å². The molecule has 2 rings (SSSR count). The molecule has 2 aromatic rings. The van der Waals surface area contributed by atoms with E-state index in [4.69, 9.17) is 10.3 Å². The zero-order valence-corrected chi connectivity index (χ0v) is 11.4. The molecule has 2 heterocycles. The standard InChI is InChI=1S/C10H15N5O3S/c1-6-9(7(2)18-15-6)5-13-19(16,17)10-8(3-11)4-12-14-10/h4,13H,3,5,11H2,1-2H3,(H,12,14). The van der Waals surface area contributed by atoms with Gasteiger partial charge in [0.25, 0.3) is 10.0 Å². The molecule has 0 fully saturated rings. The third-order valence-corrected chi connectivity index (χ3v) is 4.20. The molecule has 9 heteroatoms. The van der Waals surface area contributed by atoms with E-state index in [2.05, 4.69) is 20.1 Å². The molecule has 0 aliphatic heterocycles. The normalized spacial score (nSPS) is 11.9. The lowest BCUT2D eigenvalue weighted by Gasteiger charge is -2.06. The molecule has 0 atom stereocenters. The maximum atomic E-state index is 12.1. The lowest BCUT2D eigenvalue weighted by atomic mass is 10.2. The van der Waals surface area contributed by atoms with E-state index >= 15 is 0 Å². The van der Waals surface area contributed by atoms with Crippen molar-refractivity contribution < 1.29 is 12.9 Å². The van der Waals surface area contributed by atoms with Crippen LogP contribution < -0.4 is 10.5 Å². The minimum atomic E-state index is -3.69. The van der Waals surface area contributed by atoms with Crippen LogP contribution in [0.5, 0.6) is 0 Å². The van der Waals surface area contributed by atoms with Crippen molar-refractivity contribution in [2.75, 3.05) is 0 Å². The Hall–Kier alpha value is -1.71. The van der Waals surface area contributed by atoms with E-state index in [1.54, 1.807) is 13.8 Å². The fraction of sp³-hybridized carbons (Fsp3) is 0.400. The first-order valence-corrected chi connectivity index (χ1v) is 7.07. The highest BCUT2D eigenvalue weighted by Gasteiger charge is 2.21. The molecule has 19 heavy (non-hydrogen) atoms. The van der Waals surface area contributed by atoms with Crippen LogP contribution in [0, 0.1) is 13.8 Å². The summed E-state index contributed by atoms with van der Waals surface area (Å²) in [4.78, 5) is 0. The number of nitrogens with two attached hydrogens (primary N) is 1. The Morgan fingerprint density at radius 3 is 2.79 bits per heavy atom. The minimum absolute atomic E-state index is 0.0123. The summed E-state index contributed by atoms with van der Waals surface area (Å²) >= 11 is 0. The van der Waals surface area contributed by atoms with Gasteiger partial charge in [-0.2, -0.15) is 5.10 Å². The molecule has 0 radical (unpaired) electrons. The van der Waals surface area contributed by atoms with Crippen molar-refractivity contribution in [3.05, 3.63) is 28.8 Å². The summed E-state index contributed by atoms with van der Waals surface area (Å²) in [7, 11) is -3.69. The molecular formula is C10H15N5O3S. The monoisotopic (exact) mass is 285 g/mol. The van der Waals surface area contributed by atoms with E-state index in [9.17, 15) is 8.42 Å². The van der Waals surface area contributed by atoms with Gasteiger partial charge >= 0.3 is 0 Å². The van der Waals surface area contributed by atoms with Crippen LogP contribution in [0.3, 0.4) is 0 Å². The zero-order chi connectivity index (χ0) is 14.0. The number of aromatic nitrogens is 3. The van der Waals surface area contributed by atoms with Gasteiger partial charge in [0.05, 0.1) is 11.9 Å². The average Bonchev–Trinajstić information content (AvgIpc) is 2.95. The number of hydrogen-bond donors (Lipinski definition) is 3. The van der Waals surface area contributed by atoms with Crippen molar-refractivity contribution in [3.63, 3.8) is 0 Å². The maximum Gasteiger partial charge on any atom is 0.258 e. The first-order valence-electron chi connectivity index (χ1n) is 5.59.